The quantitative estimate of drug-likeness (QED) is 0.567. The fourth-order valence-corrected chi connectivity index (χ4v) is 5.40. The van der Waals surface area contributed by atoms with Crippen LogP contribution in [-0.4, -0.2) is 52.7 Å². The van der Waals surface area contributed by atoms with Crippen LogP contribution in [0, 0.1) is 5.92 Å². The number of carbonyl (C=O) groups excluding carboxylic acids is 1. The van der Waals surface area contributed by atoms with Gasteiger partial charge in [-0.25, -0.2) is 0 Å². The number of aryl methyl sites for hydroxylation is 1. The summed E-state index contributed by atoms with van der Waals surface area (Å²) in [6.07, 6.45) is 12.0. The maximum Gasteiger partial charge on any atom is 0.222 e. The summed E-state index contributed by atoms with van der Waals surface area (Å²) < 4.78 is 12.2. The molecule has 0 radical (unpaired) electrons. The van der Waals surface area contributed by atoms with Crippen molar-refractivity contribution >= 4 is 16.8 Å². The summed E-state index contributed by atoms with van der Waals surface area (Å²) in [5, 5.41) is 1.22. The standard InChI is InChI=1S/C27H33N3O3/c31-26(6-5-22-20-29-25-4-2-1-3-24(22)25)30-15-11-27(12-16-30)19-21(10-18-33-27)9-17-32-23-7-13-28-14-8-23/h1-4,7-8,13-14,20-21,29H,5-6,9-12,15-19H2. The van der Waals surface area contributed by atoms with Gasteiger partial charge >= 0.3 is 0 Å². The topological polar surface area (TPSA) is 67.5 Å². The zero-order valence-electron chi connectivity index (χ0n) is 19.2. The number of fused-ring (bicyclic) bond motifs is 1. The lowest BCUT2D eigenvalue weighted by molar-refractivity contribution is -0.147. The molecular formula is C27H33N3O3. The molecule has 174 valence electrons. The Morgan fingerprint density at radius 3 is 2.85 bits per heavy atom. The average molecular weight is 448 g/mol. The number of hydrogen-bond donors (Lipinski definition) is 1. The molecule has 0 saturated carbocycles. The summed E-state index contributed by atoms with van der Waals surface area (Å²) in [7, 11) is 0. The van der Waals surface area contributed by atoms with Crippen molar-refractivity contribution in [3.05, 3.63) is 60.6 Å². The van der Waals surface area contributed by atoms with Gasteiger partial charge in [-0.2, -0.15) is 0 Å². The zero-order chi connectivity index (χ0) is 22.5. The van der Waals surface area contributed by atoms with E-state index < -0.39 is 0 Å². The number of aromatic nitrogens is 2. The highest BCUT2D eigenvalue weighted by molar-refractivity contribution is 5.84. The Balaban J connectivity index is 1.08. The molecular weight excluding hydrogens is 414 g/mol. The molecule has 2 aliphatic rings. The molecule has 0 aliphatic carbocycles. The van der Waals surface area contributed by atoms with Crippen LogP contribution in [0.5, 0.6) is 5.75 Å². The lowest BCUT2D eigenvalue weighted by atomic mass is 9.78. The average Bonchev–Trinajstić information content (AvgIpc) is 3.27. The highest BCUT2D eigenvalue weighted by Crippen LogP contribution is 2.39. The van der Waals surface area contributed by atoms with Gasteiger partial charge in [-0.05, 0) is 68.2 Å². The molecule has 1 N–H and O–H groups in total. The van der Waals surface area contributed by atoms with Crippen molar-refractivity contribution in [3.63, 3.8) is 0 Å². The van der Waals surface area contributed by atoms with Crippen LogP contribution in [0.25, 0.3) is 10.9 Å². The van der Waals surface area contributed by atoms with Gasteiger partial charge in [-0.1, -0.05) is 18.2 Å². The monoisotopic (exact) mass is 447 g/mol. The number of pyridine rings is 1. The third-order valence-corrected chi connectivity index (χ3v) is 7.35. The molecule has 2 fully saturated rings. The second kappa shape index (κ2) is 9.96. The molecule has 1 atom stereocenters. The van der Waals surface area contributed by atoms with Gasteiger partial charge in [-0.15, -0.1) is 0 Å². The maximum atomic E-state index is 12.9. The summed E-state index contributed by atoms with van der Waals surface area (Å²) in [5.41, 5.74) is 2.29. The number of aromatic amines is 1. The molecule has 1 unspecified atom stereocenters. The van der Waals surface area contributed by atoms with Crippen LogP contribution in [0.4, 0.5) is 0 Å². The van der Waals surface area contributed by atoms with Crippen LogP contribution in [0.15, 0.2) is 55.0 Å². The van der Waals surface area contributed by atoms with Crippen molar-refractivity contribution in [2.75, 3.05) is 26.3 Å². The van der Waals surface area contributed by atoms with Gasteiger partial charge in [0.1, 0.15) is 5.75 Å². The van der Waals surface area contributed by atoms with E-state index in [0.717, 1.165) is 76.1 Å². The Kier molecular flexibility index (Phi) is 6.63. The second-order valence-corrected chi connectivity index (χ2v) is 9.45. The number of nitrogens with one attached hydrogen (secondary N) is 1. The molecule has 33 heavy (non-hydrogen) atoms. The van der Waals surface area contributed by atoms with E-state index in [1.165, 1.54) is 10.9 Å². The molecule has 2 aromatic heterocycles. The van der Waals surface area contributed by atoms with Gasteiger partial charge < -0.3 is 19.4 Å². The van der Waals surface area contributed by atoms with Crippen LogP contribution < -0.4 is 4.74 Å². The molecule has 1 spiro atoms. The number of hydrogen-bond acceptors (Lipinski definition) is 4. The van der Waals surface area contributed by atoms with Crippen molar-refractivity contribution in [2.45, 2.75) is 50.5 Å². The number of amides is 1. The molecule has 1 amide bonds. The fourth-order valence-electron chi connectivity index (χ4n) is 5.40. The van der Waals surface area contributed by atoms with Gasteiger partial charge in [0.05, 0.1) is 12.2 Å². The van der Waals surface area contributed by atoms with Crippen LogP contribution in [0.1, 0.15) is 44.1 Å². The number of carbonyl (C=O) groups is 1. The lowest BCUT2D eigenvalue weighted by Crippen LogP contribution is -2.51. The minimum absolute atomic E-state index is 0.0623. The number of likely N-dealkylation sites (tertiary alicyclic amines) is 1. The third kappa shape index (κ3) is 5.22. The third-order valence-electron chi connectivity index (χ3n) is 7.35. The van der Waals surface area contributed by atoms with E-state index >= 15 is 0 Å². The predicted molar refractivity (Wildman–Crippen MR) is 128 cm³/mol. The number of nitrogens with zero attached hydrogens (tertiary/aromatic N) is 2. The van der Waals surface area contributed by atoms with Crippen LogP contribution >= 0.6 is 0 Å². The Morgan fingerprint density at radius 1 is 1.18 bits per heavy atom. The Bertz CT molecular complexity index is 1060. The van der Waals surface area contributed by atoms with E-state index in [9.17, 15) is 4.79 Å². The first kappa shape index (κ1) is 22.0. The number of piperidine rings is 1. The first-order chi connectivity index (χ1) is 16.2. The van der Waals surface area contributed by atoms with E-state index in [-0.39, 0.29) is 11.5 Å². The molecule has 3 aromatic rings. The van der Waals surface area contributed by atoms with Gasteiger partial charge in [0.2, 0.25) is 5.91 Å². The van der Waals surface area contributed by atoms with Crippen LogP contribution in [-0.2, 0) is 16.0 Å². The van der Waals surface area contributed by atoms with Crippen molar-refractivity contribution in [3.8, 4) is 5.75 Å². The second-order valence-electron chi connectivity index (χ2n) is 9.45. The smallest absolute Gasteiger partial charge is 0.222 e. The fraction of sp³-hybridized carbons (Fsp3) is 0.481. The van der Waals surface area contributed by atoms with Crippen molar-refractivity contribution in [2.24, 2.45) is 5.92 Å². The van der Waals surface area contributed by atoms with Gasteiger partial charge in [0.25, 0.3) is 0 Å². The summed E-state index contributed by atoms with van der Waals surface area (Å²) in [5.74, 6) is 1.75. The minimum Gasteiger partial charge on any atom is -0.493 e. The van der Waals surface area contributed by atoms with Crippen molar-refractivity contribution in [1.29, 1.82) is 0 Å². The van der Waals surface area contributed by atoms with E-state index in [4.69, 9.17) is 9.47 Å². The molecule has 1 aromatic carbocycles. The Morgan fingerprint density at radius 2 is 2.00 bits per heavy atom. The Labute approximate surface area is 195 Å². The number of para-hydroxylation sites is 1. The summed E-state index contributed by atoms with van der Waals surface area (Å²) in [4.78, 5) is 22.3. The predicted octanol–water partition coefficient (Wildman–Crippen LogP) is 4.75. The zero-order valence-corrected chi connectivity index (χ0v) is 19.2. The summed E-state index contributed by atoms with van der Waals surface area (Å²) in [6, 6.07) is 12.1. The molecule has 5 rings (SSSR count). The van der Waals surface area contributed by atoms with E-state index in [2.05, 4.69) is 22.1 Å². The summed E-state index contributed by atoms with van der Waals surface area (Å²) >= 11 is 0. The van der Waals surface area contributed by atoms with Crippen molar-refractivity contribution in [1.82, 2.24) is 14.9 Å². The molecule has 6 nitrogen and oxygen atoms in total. The largest absolute Gasteiger partial charge is 0.493 e. The number of ether oxygens (including phenoxy) is 2. The highest BCUT2D eigenvalue weighted by atomic mass is 16.5. The van der Waals surface area contributed by atoms with Gasteiger partial charge in [0.15, 0.2) is 0 Å². The number of benzene rings is 1. The molecule has 2 saturated heterocycles. The first-order valence-corrected chi connectivity index (χ1v) is 12.2. The summed E-state index contributed by atoms with van der Waals surface area (Å²) in [6.45, 7) is 3.14. The van der Waals surface area contributed by atoms with E-state index in [1.54, 1.807) is 12.4 Å². The van der Waals surface area contributed by atoms with Crippen LogP contribution in [0.2, 0.25) is 0 Å². The normalized spacial score (nSPS) is 20.2. The van der Waals surface area contributed by atoms with Gasteiger partial charge in [-0.3, -0.25) is 9.78 Å². The minimum atomic E-state index is -0.0623. The van der Waals surface area contributed by atoms with E-state index in [1.807, 2.05) is 35.4 Å². The maximum absolute atomic E-state index is 12.9. The lowest BCUT2D eigenvalue weighted by Gasteiger charge is -2.46. The Hall–Kier alpha value is -2.86. The first-order valence-electron chi connectivity index (χ1n) is 12.2. The van der Waals surface area contributed by atoms with Gasteiger partial charge in [0, 0.05) is 55.6 Å². The van der Waals surface area contributed by atoms with E-state index in [0.29, 0.717) is 12.3 Å². The van der Waals surface area contributed by atoms with Crippen LogP contribution in [0.3, 0.4) is 0 Å². The number of rotatable bonds is 7. The van der Waals surface area contributed by atoms with Crippen molar-refractivity contribution < 1.29 is 14.3 Å². The molecule has 2 aliphatic heterocycles. The molecule has 4 heterocycles. The number of H-pyrrole nitrogens is 1. The SMILES string of the molecule is O=C(CCc1c[nH]c2ccccc12)N1CCC2(CC1)CC(CCOc1ccncc1)CCO2. The molecule has 6 heteroatoms. The highest BCUT2D eigenvalue weighted by Gasteiger charge is 2.40. The molecule has 0 bridgehead atoms.